The van der Waals surface area contributed by atoms with E-state index in [0.29, 0.717) is 6.04 Å². The van der Waals surface area contributed by atoms with Crippen LogP contribution in [0.25, 0.3) is 0 Å². The summed E-state index contributed by atoms with van der Waals surface area (Å²) >= 11 is 0. The highest BCUT2D eigenvalue weighted by Gasteiger charge is 2.36. The smallest absolute Gasteiger partial charge is 0.134 e. The predicted octanol–water partition coefficient (Wildman–Crippen LogP) is 2.56. The van der Waals surface area contributed by atoms with Gasteiger partial charge in [-0.1, -0.05) is 6.42 Å². The normalized spacial score (nSPS) is 29.2. The molecule has 116 valence electrons. The van der Waals surface area contributed by atoms with E-state index in [1.54, 1.807) is 0 Å². The molecule has 0 saturated carbocycles. The van der Waals surface area contributed by atoms with Gasteiger partial charge < -0.3 is 15.5 Å². The Labute approximate surface area is 127 Å². The van der Waals surface area contributed by atoms with Gasteiger partial charge in [-0.05, 0) is 46.6 Å². The molecule has 2 fully saturated rings. The Morgan fingerprint density at radius 2 is 1.67 bits per heavy atom. The second kappa shape index (κ2) is 5.79. The van der Waals surface area contributed by atoms with Crippen LogP contribution in [0.5, 0.6) is 0 Å². The lowest BCUT2D eigenvalue weighted by atomic mass is 9.82. The van der Waals surface area contributed by atoms with Gasteiger partial charge in [-0.3, -0.25) is 0 Å². The summed E-state index contributed by atoms with van der Waals surface area (Å²) in [4.78, 5) is 11.7. The second-order valence-corrected chi connectivity index (χ2v) is 6.56. The highest BCUT2D eigenvalue weighted by molar-refractivity contribution is 5.57. The zero-order valence-electron chi connectivity index (χ0n) is 13.6. The number of aryl methyl sites for hydroxylation is 1. The van der Waals surface area contributed by atoms with E-state index in [1.807, 2.05) is 14.0 Å². The summed E-state index contributed by atoms with van der Waals surface area (Å²) in [5.74, 6) is 2.75. The molecule has 0 amide bonds. The average molecular weight is 289 g/mol. The Morgan fingerprint density at radius 3 is 2.29 bits per heavy atom. The Morgan fingerprint density at radius 1 is 1.05 bits per heavy atom. The van der Waals surface area contributed by atoms with E-state index in [2.05, 4.69) is 39.5 Å². The summed E-state index contributed by atoms with van der Waals surface area (Å²) in [6.07, 6.45) is 6.53. The van der Waals surface area contributed by atoms with Crippen LogP contribution in [-0.2, 0) is 0 Å². The second-order valence-electron chi connectivity index (χ2n) is 6.56. The van der Waals surface area contributed by atoms with E-state index in [1.165, 1.54) is 32.1 Å². The van der Waals surface area contributed by atoms with Crippen LogP contribution >= 0.6 is 0 Å². The molecule has 1 aromatic heterocycles. The molecule has 0 radical (unpaired) electrons. The van der Waals surface area contributed by atoms with Gasteiger partial charge in [-0.2, -0.15) is 0 Å². The Bertz CT molecular complexity index is 502. The molecule has 2 saturated heterocycles. The predicted molar refractivity (Wildman–Crippen MR) is 86.9 cm³/mol. The summed E-state index contributed by atoms with van der Waals surface area (Å²) in [6, 6.07) is 2.01. The quantitative estimate of drug-likeness (QED) is 0.895. The van der Waals surface area contributed by atoms with Crippen molar-refractivity contribution >= 4 is 11.6 Å². The zero-order valence-corrected chi connectivity index (χ0v) is 13.6. The molecule has 5 nitrogen and oxygen atoms in total. The van der Waals surface area contributed by atoms with Crippen molar-refractivity contribution in [3.63, 3.8) is 0 Å². The standard InChI is InChI=1S/C16H27N5/c1-10-15(17-3)18-11(2)19-16(10)20-12-8-13-6-5-7-14(9-12)21(13)4/h12-14H,5-9H2,1-4H3,(H2,17,18,19,20). The Hall–Kier alpha value is -1.36. The molecule has 5 heteroatoms. The number of rotatable bonds is 3. The van der Waals surface area contributed by atoms with Gasteiger partial charge in [-0.15, -0.1) is 0 Å². The molecule has 2 atom stereocenters. The molecule has 2 bridgehead atoms. The number of aromatic nitrogens is 2. The summed E-state index contributed by atoms with van der Waals surface area (Å²) in [5.41, 5.74) is 1.12. The van der Waals surface area contributed by atoms with Crippen molar-refractivity contribution in [3.05, 3.63) is 11.4 Å². The highest BCUT2D eigenvalue weighted by atomic mass is 15.2. The molecule has 0 spiro atoms. The molecule has 0 aromatic carbocycles. The van der Waals surface area contributed by atoms with Crippen molar-refractivity contribution in [2.75, 3.05) is 24.7 Å². The number of nitrogens with zero attached hydrogens (tertiary/aromatic N) is 3. The van der Waals surface area contributed by atoms with Crippen LogP contribution in [0.4, 0.5) is 11.6 Å². The average Bonchev–Trinajstić information content (AvgIpc) is 2.43. The third-order valence-electron chi connectivity index (χ3n) is 5.18. The number of hydrogen-bond acceptors (Lipinski definition) is 5. The summed E-state index contributed by atoms with van der Waals surface area (Å²) < 4.78 is 0. The first kappa shape index (κ1) is 14.6. The van der Waals surface area contributed by atoms with Crippen molar-refractivity contribution in [2.45, 2.75) is 64.1 Å². The van der Waals surface area contributed by atoms with Crippen LogP contribution in [0.2, 0.25) is 0 Å². The molecule has 2 unspecified atom stereocenters. The van der Waals surface area contributed by atoms with Crippen LogP contribution in [0.15, 0.2) is 0 Å². The van der Waals surface area contributed by atoms with Gasteiger partial charge in [0, 0.05) is 30.7 Å². The fourth-order valence-corrected chi connectivity index (χ4v) is 3.94. The first-order valence-corrected chi connectivity index (χ1v) is 8.10. The van der Waals surface area contributed by atoms with Gasteiger partial charge >= 0.3 is 0 Å². The van der Waals surface area contributed by atoms with Crippen molar-refractivity contribution in [1.29, 1.82) is 0 Å². The largest absolute Gasteiger partial charge is 0.373 e. The topological polar surface area (TPSA) is 53.1 Å². The fourth-order valence-electron chi connectivity index (χ4n) is 3.94. The number of anilines is 2. The maximum atomic E-state index is 4.61. The number of hydrogen-bond donors (Lipinski definition) is 2. The maximum Gasteiger partial charge on any atom is 0.134 e. The number of fused-ring (bicyclic) bond motifs is 2. The van der Waals surface area contributed by atoms with Gasteiger partial charge in [0.25, 0.3) is 0 Å². The first-order valence-electron chi connectivity index (χ1n) is 8.10. The van der Waals surface area contributed by atoms with Crippen LogP contribution < -0.4 is 10.6 Å². The molecule has 1 aromatic rings. The Kier molecular flexibility index (Phi) is 4.02. The highest BCUT2D eigenvalue weighted by Crippen LogP contribution is 2.34. The number of piperidine rings is 2. The third-order valence-corrected chi connectivity index (χ3v) is 5.18. The van der Waals surface area contributed by atoms with Crippen LogP contribution in [0, 0.1) is 13.8 Å². The molecule has 3 heterocycles. The molecular formula is C16H27N5. The van der Waals surface area contributed by atoms with Crippen molar-refractivity contribution in [1.82, 2.24) is 14.9 Å². The van der Waals surface area contributed by atoms with Crippen LogP contribution in [-0.4, -0.2) is 47.1 Å². The lowest BCUT2D eigenvalue weighted by Crippen LogP contribution is -2.52. The van der Waals surface area contributed by atoms with Crippen molar-refractivity contribution in [3.8, 4) is 0 Å². The van der Waals surface area contributed by atoms with Crippen molar-refractivity contribution < 1.29 is 0 Å². The Balaban J connectivity index is 1.77. The fraction of sp³-hybridized carbons (Fsp3) is 0.750. The molecule has 3 rings (SSSR count). The molecule has 0 aliphatic carbocycles. The van der Waals surface area contributed by atoms with Crippen LogP contribution in [0.3, 0.4) is 0 Å². The van der Waals surface area contributed by atoms with E-state index >= 15 is 0 Å². The van der Waals surface area contributed by atoms with E-state index in [-0.39, 0.29) is 0 Å². The molecule has 21 heavy (non-hydrogen) atoms. The van der Waals surface area contributed by atoms with E-state index in [4.69, 9.17) is 0 Å². The summed E-state index contributed by atoms with van der Waals surface area (Å²) in [5, 5.41) is 6.86. The van der Waals surface area contributed by atoms with Gasteiger partial charge in [0.15, 0.2) is 0 Å². The first-order chi connectivity index (χ1) is 10.1. The van der Waals surface area contributed by atoms with Gasteiger partial charge in [0.2, 0.25) is 0 Å². The van der Waals surface area contributed by atoms with E-state index < -0.39 is 0 Å². The zero-order chi connectivity index (χ0) is 15.0. The van der Waals surface area contributed by atoms with Gasteiger partial charge in [0.1, 0.15) is 17.5 Å². The van der Waals surface area contributed by atoms with Crippen LogP contribution in [0.1, 0.15) is 43.5 Å². The van der Waals surface area contributed by atoms with Gasteiger partial charge in [0.05, 0.1) is 0 Å². The molecule has 2 aliphatic heterocycles. The van der Waals surface area contributed by atoms with Crippen molar-refractivity contribution in [2.24, 2.45) is 0 Å². The monoisotopic (exact) mass is 289 g/mol. The molecular weight excluding hydrogens is 262 g/mol. The molecule has 2 N–H and O–H groups in total. The SMILES string of the molecule is CNc1nc(C)nc(NC2CC3CCCC(C2)N3C)c1C. The maximum absolute atomic E-state index is 4.61. The number of nitrogens with one attached hydrogen (secondary N) is 2. The molecule has 2 aliphatic rings. The van der Waals surface area contributed by atoms with Gasteiger partial charge in [-0.25, -0.2) is 9.97 Å². The minimum Gasteiger partial charge on any atom is -0.373 e. The minimum absolute atomic E-state index is 0.536. The minimum atomic E-state index is 0.536. The lowest BCUT2D eigenvalue weighted by Gasteiger charge is -2.47. The van der Waals surface area contributed by atoms with E-state index in [0.717, 1.165) is 35.1 Å². The lowest BCUT2D eigenvalue weighted by molar-refractivity contribution is 0.0608. The summed E-state index contributed by atoms with van der Waals surface area (Å²) in [7, 11) is 4.21. The third kappa shape index (κ3) is 2.84. The van der Waals surface area contributed by atoms with E-state index in [9.17, 15) is 0 Å². The summed E-state index contributed by atoms with van der Waals surface area (Å²) in [6.45, 7) is 4.04.